The maximum atomic E-state index is 5.17. The van der Waals surface area contributed by atoms with E-state index in [0.717, 1.165) is 11.3 Å². The van der Waals surface area contributed by atoms with Crippen molar-refractivity contribution in [1.82, 2.24) is 0 Å². The molecule has 0 radical (unpaired) electrons. The molecule has 3 N–H and O–H groups in total. The molecule has 0 aliphatic heterocycles. The number of para-hydroxylation sites is 1. The first-order valence-electron chi connectivity index (χ1n) is 3.71. The number of hydrogen-bond donors (Lipinski definition) is 1. The monoisotopic (exact) mass is 152 g/mol. The van der Waals surface area contributed by atoms with Gasteiger partial charge >= 0.3 is 0 Å². The number of hydrogen-bond acceptors (Lipinski definition) is 1. The molecular weight excluding hydrogens is 138 g/mol. The molecule has 1 aromatic carbocycles. The van der Waals surface area contributed by atoms with E-state index in [1.807, 2.05) is 24.3 Å². The molecule has 2 nitrogen and oxygen atoms in total. The molecule has 0 bridgehead atoms. The number of rotatable bonds is 2. The Kier molecular flexibility index (Phi) is 2.49. The number of quaternary nitrogens is 1. The van der Waals surface area contributed by atoms with Crippen LogP contribution in [0.5, 0.6) is 5.75 Å². The standard InChI is InChI=1S/C9H13NO/c1-7(10)8-5-3-4-6-9(8)11-2/h3-7H,10H2,1-2H3/p+1/t7-/m0/s1. The third-order valence-electron chi connectivity index (χ3n) is 1.67. The quantitative estimate of drug-likeness (QED) is 0.674. The van der Waals surface area contributed by atoms with E-state index in [9.17, 15) is 0 Å². The third-order valence-corrected chi connectivity index (χ3v) is 1.67. The average molecular weight is 152 g/mol. The summed E-state index contributed by atoms with van der Waals surface area (Å²) >= 11 is 0. The van der Waals surface area contributed by atoms with Crippen molar-refractivity contribution in [1.29, 1.82) is 0 Å². The second-order valence-electron chi connectivity index (χ2n) is 2.64. The maximum Gasteiger partial charge on any atom is 0.127 e. The highest BCUT2D eigenvalue weighted by atomic mass is 16.5. The Labute approximate surface area is 67.0 Å². The summed E-state index contributed by atoms with van der Waals surface area (Å²) in [6.45, 7) is 2.05. The van der Waals surface area contributed by atoms with Crippen molar-refractivity contribution < 1.29 is 10.5 Å². The highest BCUT2D eigenvalue weighted by molar-refractivity contribution is 5.34. The van der Waals surface area contributed by atoms with Gasteiger partial charge in [-0.05, 0) is 19.1 Å². The van der Waals surface area contributed by atoms with E-state index in [4.69, 9.17) is 4.74 Å². The van der Waals surface area contributed by atoms with Crippen LogP contribution < -0.4 is 10.5 Å². The minimum Gasteiger partial charge on any atom is -0.496 e. The van der Waals surface area contributed by atoms with Crippen LogP contribution in [-0.4, -0.2) is 7.11 Å². The van der Waals surface area contributed by atoms with Crippen LogP contribution in [0.1, 0.15) is 18.5 Å². The second-order valence-corrected chi connectivity index (χ2v) is 2.64. The fraction of sp³-hybridized carbons (Fsp3) is 0.333. The van der Waals surface area contributed by atoms with Gasteiger partial charge in [-0.2, -0.15) is 0 Å². The first-order valence-corrected chi connectivity index (χ1v) is 3.71. The van der Waals surface area contributed by atoms with Crippen molar-refractivity contribution in [3.63, 3.8) is 0 Å². The van der Waals surface area contributed by atoms with Crippen molar-refractivity contribution in [2.24, 2.45) is 0 Å². The summed E-state index contributed by atoms with van der Waals surface area (Å²) in [5, 5.41) is 0. The van der Waals surface area contributed by atoms with Gasteiger partial charge in [0, 0.05) is 0 Å². The summed E-state index contributed by atoms with van der Waals surface area (Å²) in [5.74, 6) is 0.926. The SMILES string of the molecule is COc1ccccc1[C@H](C)[NH3+]. The van der Waals surface area contributed by atoms with E-state index in [2.05, 4.69) is 12.7 Å². The van der Waals surface area contributed by atoms with Gasteiger partial charge in [0.05, 0.1) is 12.7 Å². The summed E-state index contributed by atoms with van der Waals surface area (Å²) < 4.78 is 5.17. The van der Waals surface area contributed by atoms with Gasteiger partial charge in [-0.1, -0.05) is 12.1 Å². The normalized spacial score (nSPS) is 12.6. The average Bonchev–Trinajstić information content (AvgIpc) is 2.04. The van der Waals surface area contributed by atoms with Gasteiger partial charge in [-0.15, -0.1) is 0 Å². The lowest BCUT2D eigenvalue weighted by Crippen LogP contribution is -2.51. The Morgan fingerprint density at radius 2 is 2.00 bits per heavy atom. The Balaban J connectivity index is 3.02. The number of methoxy groups -OCH3 is 1. The second kappa shape index (κ2) is 3.39. The zero-order chi connectivity index (χ0) is 8.27. The molecule has 1 atom stereocenters. The van der Waals surface area contributed by atoms with E-state index >= 15 is 0 Å². The Hall–Kier alpha value is -1.02. The van der Waals surface area contributed by atoms with Crippen molar-refractivity contribution in [3.8, 4) is 5.75 Å². The lowest BCUT2D eigenvalue weighted by molar-refractivity contribution is -0.420. The van der Waals surface area contributed by atoms with Gasteiger partial charge in [0.1, 0.15) is 11.8 Å². The van der Waals surface area contributed by atoms with Crippen LogP contribution in [0.15, 0.2) is 24.3 Å². The summed E-state index contributed by atoms with van der Waals surface area (Å²) in [6, 6.07) is 8.24. The summed E-state index contributed by atoms with van der Waals surface area (Å²) in [5.41, 5.74) is 5.10. The molecule has 0 amide bonds. The molecule has 0 aliphatic rings. The first-order chi connectivity index (χ1) is 5.25. The lowest BCUT2D eigenvalue weighted by atomic mass is 10.1. The molecule has 0 saturated heterocycles. The van der Waals surface area contributed by atoms with Crippen molar-refractivity contribution in [2.75, 3.05) is 7.11 Å². The summed E-state index contributed by atoms with van der Waals surface area (Å²) in [4.78, 5) is 0. The molecule has 0 spiro atoms. The smallest absolute Gasteiger partial charge is 0.127 e. The molecular formula is C9H14NO+. The molecule has 60 valence electrons. The van der Waals surface area contributed by atoms with Crippen LogP contribution in [0.25, 0.3) is 0 Å². The van der Waals surface area contributed by atoms with Gasteiger partial charge in [-0.25, -0.2) is 0 Å². The number of ether oxygens (including phenoxy) is 1. The Morgan fingerprint density at radius 1 is 1.36 bits per heavy atom. The predicted molar refractivity (Wildman–Crippen MR) is 44.3 cm³/mol. The van der Waals surface area contributed by atoms with E-state index in [1.165, 1.54) is 0 Å². The minimum absolute atomic E-state index is 0.283. The highest BCUT2D eigenvalue weighted by Gasteiger charge is 2.07. The molecule has 0 aliphatic carbocycles. The Bertz CT molecular complexity index is 233. The van der Waals surface area contributed by atoms with Gasteiger partial charge in [-0.3, -0.25) is 0 Å². The molecule has 0 unspecified atom stereocenters. The molecule has 0 aromatic heterocycles. The minimum atomic E-state index is 0.283. The fourth-order valence-corrected chi connectivity index (χ4v) is 1.07. The zero-order valence-corrected chi connectivity index (χ0v) is 7.00. The number of benzene rings is 1. The molecule has 11 heavy (non-hydrogen) atoms. The van der Waals surface area contributed by atoms with Crippen LogP contribution >= 0.6 is 0 Å². The van der Waals surface area contributed by atoms with Crippen molar-refractivity contribution in [3.05, 3.63) is 29.8 Å². The highest BCUT2D eigenvalue weighted by Crippen LogP contribution is 2.21. The largest absolute Gasteiger partial charge is 0.496 e. The predicted octanol–water partition coefficient (Wildman–Crippen LogP) is 0.998. The van der Waals surface area contributed by atoms with E-state index in [0.29, 0.717) is 0 Å². The summed E-state index contributed by atoms with van der Waals surface area (Å²) in [7, 11) is 1.68. The van der Waals surface area contributed by atoms with Gasteiger partial charge < -0.3 is 10.5 Å². The lowest BCUT2D eigenvalue weighted by Gasteiger charge is -2.07. The fourth-order valence-electron chi connectivity index (χ4n) is 1.07. The van der Waals surface area contributed by atoms with Crippen LogP contribution in [0.4, 0.5) is 0 Å². The van der Waals surface area contributed by atoms with Crippen LogP contribution in [-0.2, 0) is 0 Å². The van der Waals surface area contributed by atoms with Crippen LogP contribution in [0.2, 0.25) is 0 Å². The molecule has 0 saturated carbocycles. The molecule has 0 heterocycles. The first kappa shape index (κ1) is 8.08. The maximum absolute atomic E-state index is 5.17. The zero-order valence-electron chi connectivity index (χ0n) is 7.00. The molecule has 2 heteroatoms. The van der Waals surface area contributed by atoms with E-state index in [1.54, 1.807) is 7.11 Å². The van der Waals surface area contributed by atoms with E-state index in [-0.39, 0.29) is 6.04 Å². The van der Waals surface area contributed by atoms with Gasteiger partial charge in [0.25, 0.3) is 0 Å². The van der Waals surface area contributed by atoms with Crippen molar-refractivity contribution >= 4 is 0 Å². The molecule has 0 fully saturated rings. The van der Waals surface area contributed by atoms with Gasteiger partial charge in [0.2, 0.25) is 0 Å². The third kappa shape index (κ3) is 1.71. The molecule has 1 aromatic rings. The van der Waals surface area contributed by atoms with Crippen LogP contribution in [0.3, 0.4) is 0 Å². The van der Waals surface area contributed by atoms with E-state index < -0.39 is 0 Å². The Morgan fingerprint density at radius 3 is 2.45 bits per heavy atom. The van der Waals surface area contributed by atoms with Crippen LogP contribution in [0, 0.1) is 0 Å². The topological polar surface area (TPSA) is 36.9 Å². The van der Waals surface area contributed by atoms with Crippen molar-refractivity contribution in [2.45, 2.75) is 13.0 Å². The summed E-state index contributed by atoms with van der Waals surface area (Å²) in [6.07, 6.45) is 0. The van der Waals surface area contributed by atoms with Gasteiger partial charge in [0.15, 0.2) is 0 Å². The molecule has 1 rings (SSSR count).